The normalized spacial score (nSPS) is 12.4. The van der Waals surface area contributed by atoms with Gasteiger partial charge in [-0.05, 0) is 93.5 Å². The Balaban J connectivity index is 1.07. The molecule has 2 aliphatic rings. The maximum atomic E-state index is 13.5. The average molecular weight is 669 g/mol. The van der Waals surface area contributed by atoms with Crippen molar-refractivity contribution in [1.29, 1.82) is 0 Å². The number of nitrogens with one attached hydrogen (secondary N) is 2. The van der Waals surface area contributed by atoms with Crippen LogP contribution >= 0.6 is 11.3 Å². The van der Waals surface area contributed by atoms with E-state index in [0.29, 0.717) is 26.1 Å². The molecule has 0 radical (unpaired) electrons. The van der Waals surface area contributed by atoms with Gasteiger partial charge < -0.3 is 9.47 Å². The molecule has 49 heavy (non-hydrogen) atoms. The van der Waals surface area contributed by atoms with Crippen molar-refractivity contribution < 1.29 is 19.1 Å². The third kappa shape index (κ3) is 6.62. The molecule has 1 aromatic heterocycles. The zero-order chi connectivity index (χ0) is 33.7. The molecule has 0 spiro atoms. The van der Waals surface area contributed by atoms with Gasteiger partial charge in [0.2, 0.25) is 0 Å². The molecule has 0 bridgehead atoms. The molecular weight excluding hydrogens is 633 g/mol. The molecule has 2 aliphatic carbocycles. The molecule has 4 aromatic carbocycles. The van der Waals surface area contributed by atoms with Crippen molar-refractivity contribution >= 4 is 35.6 Å². The molecule has 0 saturated carbocycles. The second kappa shape index (κ2) is 14.3. The van der Waals surface area contributed by atoms with Gasteiger partial charge in [0, 0.05) is 0 Å². The van der Waals surface area contributed by atoms with Crippen molar-refractivity contribution in [3.63, 3.8) is 0 Å². The van der Waals surface area contributed by atoms with Gasteiger partial charge in [0.1, 0.15) is 9.75 Å². The predicted molar refractivity (Wildman–Crippen MR) is 195 cm³/mol. The number of thiophene rings is 1. The van der Waals surface area contributed by atoms with Crippen molar-refractivity contribution in [1.82, 2.24) is 10.9 Å². The summed E-state index contributed by atoms with van der Waals surface area (Å²) in [5, 5.41) is 8.49. The van der Waals surface area contributed by atoms with Crippen LogP contribution in [0.2, 0.25) is 0 Å². The minimum Gasteiger partial charge on any atom is -0.488 e. The van der Waals surface area contributed by atoms with Crippen molar-refractivity contribution in [3.05, 3.63) is 128 Å². The second-order valence-electron chi connectivity index (χ2n) is 12.0. The fourth-order valence-corrected chi connectivity index (χ4v) is 7.26. The van der Waals surface area contributed by atoms with Gasteiger partial charge in [-0.2, -0.15) is 10.2 Å². The maximum Gasteiger partial charge on any atom is 0.285 e. The molecular formula is C40H36N4O4S. The second-order valence-corrected chi connectivity index (χ2v) is 13.0. The first-order valence-corrected chi connectivity index (χ1v) is 17.4. The van der Waals surface area contributed by atoms with Gasteiger partial charge in [0.25, 0.3) is 11.8 Å². The van der Waals surface area contributed by atoms with Crippen LogP contribution in [0.3, 0.4) is 0 Å². The summed E-state index contributed by atoms with van der Waals surface area (Å²) in [7, 11) is 0. The van der Waals surface area contributed by atoms with Gasteiger partial charge in [0.15, 0.2) is 11.5 Å². The summed E-state index contributed by atoms with van der Waals surface area (Å²) >= 11 is 0.992. The van der Waals surface area contributed by atoms with E-state index in [1.165, 1.54) is 44.5 Å². The number of benzene rings is 4. The highest BCUT2D eigenvalue weighted by Gasteiger charge is 2.29. The Hall–Kier alpha value is -5.54. The number of hydrogen-bond acceptors (Lipinski definition) is 7. The topological polar surface area (TPSA) is 101 Å². The molecule has 0 saturated heterocycles. The number of carbonyl (C=O) groups excluding carboxylic acids is 2. The van der Waals surface area contributed by atoms with E-state index in [9.17, 15) is 9.59 Å². The minimum absolute atomic E-state index is 0.202. The first-order chi connectivity index (χ1) is 24.0. The highest BCUT2D eigenvalue weighted by Crippen LogP contribution is 2.43. The monoisotopic (exact) mass is 668 g/mol. The van der Waals surface area contributed by atoms with Crippen LogP contribution in [0.4, 0.5) is 0 Å². The molecule has 1 heterocycles. The largest absolute Gasteiger partial charge is 0.488 e. The van der Waals surface area contributed by atoms with Gasteiger partial charge >= 0.3 is 0 Å². The summed E-state index contributed by atoms with van der Waals surface area (Å²) in [6, 6.07) is 29.1. The van der Waals surface area contributed by atoms with E-state index >= 15 is 0 Å². The molecule has 7 rings (SSSR count). The van der Waals surface area contributed by atoms with E-state index in [-0.39, 0.29) is 21.3 Å². The van der Waals surface area contributed by atoms with Crippen LogP contribution in [0.1, 0.15) is 79.4 Å². The van der Waals surface area contributed by atoms with Gasteiger partial charge in [-0.1, -0.05) is 86.6 Å². The number of fused-ring (bicyclic) bond motifs is 6. The Bertz CT molecular complexity index is 1970. The van der Waals surface area contributed by atoms with Crippen LogP contribution in [-0.2, 0) is 12.8 Å². The fraction of sp³-hybridized carbons (Fsp3) is 0.200. The Labute approximate surface area is 289 Å². The highest BCUT2D eigenvalue weighted by atomic mass is 32.1. The quantitative estimate of drug-likeness (QED) is 0.102. The summed E-state index contributed by atoms with van der Waals surface area (Å²) in [6.45, 7) is 4.64. The number of rotatable bonds is 12. The highest BCUT2D eigenvalue weighted by molar-refractivity contribution is 7.16. The van der Waals surface area contributed by atoms with Crippen molar-refractivity contribution in [3.8, 4) is 33.8 Å². The van der Waals surface area contributed by atoms with Crippen LogP contribution < -0.4 is 20.3 Å². The molecule has 5 aromatic rings. The first-order valence-electron chi connectivity index (χ1n) is 16.6. The van der Waals surface area contributed by atoms with Gasteiger partial charge in [-0.25, -0.2) is 10.9 Å². The Kier molecular flexibility index (Phi) is 9.34. The summed E-state index contributed by atoms with van der Waals surface area (Å²) in [5.41, 5.74) is 17.0. The maximum absolute atomic E-state index is 13.5. The molecule has 0 unspecified atom stereocenters. The lowest BCUT2D eigenvalue weighted by atomic mass is 10.0. The Morgan fingerprint density at radius 2 is 1.06 bits per heavy atom. The van der Waals surface area contributed by atoms with E-state index in [2.05, 4.69) is 93.9 Å². The number of nitrogens with zero attached hydrogens (tertiary/aromatic N) is 2. The smallest absolute Gasteiger partial charge is 0.285 e. The third-order valence-electron chi connectivity index (χ3n) is 8.53. The van der Waals surface area contributed by atoms with E-state index in [1.807, 2.05) is 26.0 Å². The summed E-state index contributed by atoms with van der Waals surface area (Å²) in [6.07, 6.45) is 6.39. The zero-order valence-corrected chi connectivity index (χ0v) is 28.2. The molecule has 9 heteroatoms. The summed E-state index contributed by atoms with van der Waals surface area (Å²) < 4.78 is 12.0. The molecule has 8 nitrogen and oxygen atoms in total. The van der Waals surface area contributed by atoms with Crippen LogP contribution in [0.25, 0.3) is 22.3 Å². The number of amides is 2. The SMILES string of the molecule is CCCOc1c(C(=O)N/N=C/c2ccc3c(c2)Cc2ccccc2-3)sc(C(=O)N/N=C/c2ccc3c(c2)Cc2ccccc2-3)c1OCCC. The van der Waals surface area contributed by atoms with E-state index in [1.54, 1.807) is 12.4 Å². The van der Waals surface area contributed by atoms with Gasteiger partial charge in [-0.3, -0.25) is 9.59 Å². The van der Waals surface area contributed by atoms with Crippen molar-refractivity contribution in [2.24, 2.45) is 10.2 Å². The molecule has 0 atom stereocenters. The Morgan fingerprint density at radius 1 is 0.633 bits per heavy atom. The summed E-state index contributed by atoms with van der Waals surface area (Å²) in [5.74, 6) is -0.529. The minimum atomic E-state index is -0.496. The average Bonchev–Trinajstić information content (AvgIpc) is 3.80. The standard InChI is InChI=1S/C40H36N4O4S/c1-3-17-47-35-36(48-18-4-2)38(40(46)44-42-24-26-14-16-34-30(20-26)22-28-10-6-8-12-32(28)34)49-37(35)39(45)43-41-23-25-13-15-33-29(19-25)21-27-9-5-7-11-31(27)33/h5-16,19-20,23-24H,3-4,17-18,21-22H2,1-2H3,(H,43,45)(H,44,46)/b41-23+,42-24+. The Morgan fingerprint density at radius 3 is 1.51 bits per heavy atom. The van der Waals surface area contributed by atoms with Gasteiger partial charge in [0.05, 0.1) is 25.6 Å². The fourth-order valence-electron chi connectivity index (χ4n) is 6.29. The van der Waals surface area contributed by atoms with Crippen LogP contribution in [0.15, 0.2) is 95.1 Å². The van der Waals surface area contributed by atoms with Crippen molar-refractivity contribution in [2.75, 3.05) is 13.2 Å². The van der Waals surface area contributed by atoms with Crippen LogP contribution in [-0.4, -0.2) is 37.5 Å². The molecule has 2 amide bonds. The number of carbonyl (C=O) groups is 2. The number of hydrazone groups is 2. The predicted octanol–water partition coefficient (Wildman–Crippen LogP) is 8.00. The molecule has 2 N–H and O–H groups in total. The molecule has 0 aliphatic heterocycles. The summed E-state index contributed by atoms with van der Waals surface area (Å²) in [4.78, 5) is 27.4. The molecule has 246 valence electrons. The number of ether oxygens (including phenoxy) is 2. The van der Waals surface area contributed by atoms with E-state index in [0.717, 1.165) is 35.3 Å². The van der Waals surface area contributed by atoms with Gasteiger partial charge in [-0.15, -0.1) is 11.3 Å². The van der Waals surface area contributed by atoms with E-state index < -0.39 is 11.8 Å². The number of hydrogen-bond donors (Lipinski definition) is 2. The molecule has 0 fully saturated rings. The van der Waals surface area contributed by atoms with Crippen molar-refractivity contribution in [2.45, 2.75) is 39.5 Å². The zero-order valence-electron chi connectivity index (χ0n) is 27.4. The van der Waals surface area contributed by atoms with Crippen LogP contribution in [0.5, 0.6) is 11.5 Å². The first kappa shape index (κ1) is 32.0. The lowest BCUT2D eigenvalue weighted by Gasteiger charge is -2.10. The lowest BCUT2D eigenvalue weighted by molar-refractivity contribution is 0.0945. The van der Waals surface area contributed by atoms with E-state index in [4.69, 9.17) is 9.47 Å². The third-order valence-corrected chi connectivity index (χ3v) is 9.68. The van der Waals surface area contributed by atoms with Crippen LogP contribution in [0, 0.1) is 0 Å². The lowest BCUT2D eigenvalue weighted by Crippen LogP contribution is -2.17.